The number of likely N-dealkylation sites (tertiary alicyclic amines) is 1. The molecule has 3 rings (SSSR count). The molecular formula is C16H26N4O3. The van der Waals surface area contributed by atoms with Crippen molar-refractivity contribution in [3.63, 3.8) is 0 Å². The zero-order chi connectivity index (χ0) is 16.2. The van der Waals surface area contributed by atoms with Crippen molar-refractivity contribution in [1.29, 1.82) is 0 Å². The van der Waals surface area contributed by atoms with E-state index in [1.807, 2.05) is 11.8 Å². The van der Waals surface area contributed by atoms with Crippen LogP contribution in [0.15, 0.2) is 4.42 Å². The highest BCUT2D eigenvalue weighted by molar-refractivity contribution is 5.78. The number of carbonyl (C=O) groups excluding carboxylic acids is 1. The van der Waals surface area contributed by atoms with Crippen molar-refractivity contribution in [2.24, 2.45) is 0 Å². The number of hydrogen-bond donors (Lipinski definition) is 0. The maximum atomic E-state index is 12.5. The average molecular weight is 322 g/mol. The number of hydrogen-bond acceptors (Lipinski definition) is 6. The van der Waals surface area contributed by atoms with Gasteiger partial charge < -0.3 is 14.1 Å². The van der Waals surface area contributed by atoms with Gasteiger partial charge in [0.2, 0.25) is 17.7 Å². The van der Waals surface area contributed by atoms with E-state index in [-0.39, 0.29) is 17.9 Å². The van der Waals surface area contributed by atoms with Gasteiger partial charge in [0.05, 0.1) is 25.7 Å². The number of nitrogens with zero attached hydrogens (tertiary/aromatic N) is 4. The Hall–Kier alpha value is -1.47. The monoisotopic (exact) mass is 322 g/mol. The van der Waals surface area contributed by atoms with Crippen LogP contribution < -0.4 is 0 Å². The lowest BCUT2D eigenvalue weighted by atomic mass is 9.90. The van der Waals surface area contributed by atoms with Gasteiger partial charge in [-0.25, -0.2) is 0 Å². The Morgan fingerprint density at radius 3 is 2.74 bits per heavy atom. The van der Waals surface area contributed by atoms with Gasteiger partial charge in [0.25, 0.3) is 0 Å². The number of ether oxygens (including phenoxy) is 1. The SMILES string of the molecule is CCc1nnc([C@H]2CCCN(CC(=O)N3CCOCC3)[C@H]2C)o1. The Bertz CT molecular complexity index is 527. The van der Waals surface area contributed by atoms with E-state index in [0.717, 1.165) is 31.7 Å². The minimum absolute atomic E-state index is 0.195. The molecule has 2 atom stereocenters. The van der Waals surface area contributed by atoms with Crippen molar-refractivity contribution in [3.8, 4) is 0 Å². The largest absolute Gasteiger partial charge is 0.425 e. The highest BCUT2D eigenvalue weighted by Gasteiger charge is 2.34. The Kier molecular flexibility index (Phi) is 5.27. The molecule has 0 bridgehead atoms. The molecule has 1 aromatic rings. The van der Waals surface area contributed by atoms with Gasteiger partial charge in [0, 0.05) is 25.6 Å². The Morgan fingerprint density at radius 1 is 1.26 bits per heavy atom. The highest BCUT2D eigenvalue weighted by Crippen LogP contribution is 2.31. The molecule has 1 amide bonds. The molecule has 0 N–H and O–H groups in total. The van der Waals surface area contributed by atoms with Crippen molar-refractivity contribution in [2.45, 2.75) is 45.1 Å². The molecule has 0 aliphatic carbocycles. The fourth-order valence-electron chi connectivity index (χ4n) is 3.41. The molecule has 0 radical (unpaired) electrons. The van der Waals surface area contributed by atoms with E-state index in [1.54, 1.807) is 0 Å². The third kappa shape index (κ3) is 3.72. The molecule has 7 nitrogen and oxygen atoms in total. The molecular weight excluding hydrogens is 296 g/mol. The van der Waals surface area contributed by atoms with Crippen LogP contribution in [0.4, 0.5) is 0 Å². The van der Waals surface area contributed by atoms with Gasteiger partial charge in [0.1, 0.15) is 0 Å². The summed E-state index contributed by atoms with van der Waals surface area (Å²) in [4.78, 5) is 16.6. The molecule has 2 aliphatic rings. The first-order valence-electron chi connectivity index (χ1n) is 8.61. The number of aryl methyl sites for hydroxylation is 1. The highest BCUT2D eigenvalue weighted by atomic mass is 16.5. The molecule has 1 aromatic heterocycles. The quantitative estimate of drug-likeness (QED) is 0.825. The summed E-state index contributed by atoms with van der Waals surface area (Å²) in [5.74, 6) is 1.82. The van der Waals surface area contributed by atoms with Crippen LogP contribution in [0.2, 0.25) is 0 Å². The van der Waals surface area contributed by atoms with Crippen molar-refractivity contribution in [1.82, 2.24) is 20.0 Å². The second-order valence-corrected chi connectivity index (χ2v) is 6.34. The van der Waals surface area contributed by atoms with Crippen LogP contribution in [0.1, 0.15) is 44.4 Å². The van der Waals surface area contributed by atoms with Gasteiger partial charge in [-0.1, -0.05) is 6.92 Å². The number of carbonyl (C=O) groups is 1. The third-order valence-electron chi connectivity index (χ3n) is 4.92. The van der Waals surface area contributed by atoms with Crippen LogP contribution in [-0.4, -0.2) is 71.3 Å². The van der Waals surface area contributed by atoms with E-state index in [1.165, 1.54) is 0 Å². The number of amides is 1. The van der Waals surface area contributed by atoms with Gasteiger partial charge in [-0.2, -0.15) is 0 Å². The summed E-state index contributed by atoms with van der Waals surface area (Å²) in [7, 11) is 0. The molecule has 0 aromatic carbocycles. The van der Waals surface area contributed by atoms with E-state index in [9.17, 15) is 4.79 Å². The average Bonchev–Trinajstić information content (AvgIpc) is 3.06. The van der Waals surface area contributed by atoms with E-state index < -0.39 is 0 Å². The van der Waals surface area contributed by atoms with Crippen molar-refractivity contribution in [2.75, 3.05) is 39.4 Å². The van der Waals surface area contributed by atoms with Gasteiger partial charge in [-0.15, -0.1) is 10.2 Å². The minimum Gasteiger partial charge on any atom is -0.425 e. The van der Waals surface area contributed by atoms with Gasteiger partial charge in [-0.05, 0) is 26.3 Å². The standard InChI is InChI=1S/C16H26N4O3/c1-3-14-17-18-16(23-14)13-5-4-6-20(12(13)2)11-15(21)19-7-9-22-10-8-19/h12-13H,3-11H2,1-2H3/t12-,13-/m0/s1. The normalized spacial score (nSPS) is 26.4. The van der Waals surface area contributed by atoms with E-state index in [4.69, 9.17) is 9.15 Å². The predicted octanol–water partition coefficient (Wildman–Crippen LogP) is 1.06. The Balaban J connectivity index is 1.62. The van der Waals surface area contributed by atoms with Crippen molar-refractivity contribution < 1.29 is 13.9 Å². The molecule has 3 heterocycles. The van der Waals surface area contributed by atoms with Gasteiger partial charge >= 0.3 is 0 Å². The van der Waals surface area contributed by atoms with Crippen molar-refractivity contribution in [3.05, 3.63) is 11.8 Å². The molecule has 128 valence electrons. The molecule has 0 spiro atoms. The molecule has 0 unspecified atom stereocenters. The smallest absolute Gasteiger partial charge is 0.236 e. The van der Waals surface area contributed by atoms with E-state index in [0.29, 0.717) is 38.7 Å². The lowest BCUT2D eigenvalue weighted by molar-refractivity contribution is -0.137. The Morgan fingerprint density at radius 2 is 2.04 bits per heavy atom. The predicted molar refractivity (Wildman–Crippen MR) is 84.1 cm³/mol. The second-order valence-electron chi connectivity index (χ2n) is 6.34. The number of aromatic nitrogens is 2. The zero-order valence-electron chi connectivity index (χ0n) is 14.0. The molecule has 2 aliphatic heterocycles. The van der Waals surface area contributed by atoms with Crippen LogP contribution in [0.5, 0.6) is 0 Å². The van der Waals surface area contributed by atoms with Crippen LogP contribution in [-0.2, 0) is 16.0 Å². The van der Waals surface area contributed by atoms with Gasteiger partial charge in [0.15, 0.2) is 0 Å². The summed E-state index contributed by atoms with van der Waals surface area (Å²) in [5, 5.41) is 8.29. The first kappa shape index (κ1) is 16.4. The number of morpholine rings is 1. The van der Waals surface area contributed by atoms with Crippen LogP contribution in [0, 0.1) is 0 Å². The first-order chi connectivity index (χ1) is 11.2. The maximum Gasteiger partial charge on any atom is 0.236 e. The van der Waals surface area contributed by atoms with E-state index in [2.05, 4.69) is 22.0 Å². The molecule has 0 saturated carbocycles. The van der Waals surface area contributed by atoms with Crippen LogP contribution >= 0.6 is 0 Å². The summed E-state index contributed by atoms with van der Waals surface area (Å²) in [6.45, 7) is 8.27. The lowest BCUT2D eigenvalue weighted by Crippen LogP contribution is -2.50. The number of rotatable bonds is 4. The summed E-state index contributed by atoms with van der Waals surface area (Å²) < 4.78 is 11.1. The summed E-state index contributed by atoms with van der Waals surface area (Å²) in [6, 6.07) is 0.235. The molecule has 7 heteroatoms. The molecule has 23 heavy (non-hydrogen) atoms. The van der Waals surface area contributed by atoms with E-state index >= 15 is 0 Å². The Labute approximate surface area is 137 Å². The lowest BCUT2D eigenvalue weighted by Gasteiger charge is -2.38. The topological polar surface area (TPSA) is 71.7 Å². The summed E-state index contributed by atoms with van der Waals surface area (Å²) in [6.07, 6.45) is 2.84. The van der Waals surface area contributed by atoms with Crippen LogP contribution in [0.25, 0.3) is 0 Å². The fourth-order valence-corrected chi connectivity index (χ4v) is 3.41. The fraction of sp³-hybridized carbons (Fsp3) is 0.812. The summed E-state index contributed by atoms with van der Waals surface area (Å²) >= 11 is 0. The maximum absolute atomic E-state index is 12.5. The van der Waals surface area contributed by atoms with Crippen molar-refractivity contribution >= 4 is 5.91 Å². The third-order valence-corrected chi connectivity index (χ3v) is 4.92. The molecule has 2 fully saturated rings. The molecule has 2 saturated heterocycles. The second kappa shape index (κ2) is 7.40. The summed E-state index contributed by atoms with van der Waals surface area (Å²) in [5.41, 5.74) is 0. The minimum atomic E-state index is 0.195. The number of piperidine rings is 1. The zero-order valence-corrected chi connectivity index (χ0v) is 14.0. The van der Waals surface area contributed by atoms with Gasteiger partial charge in [-0.3, -0.25) is 9.69 Å². The van der Waals surface area contributed by atoms with Crippen LogP contribution in [0.3, 0.4) is 0 Å². The first-order valence-corrected chi connectivity index (χ1v) is 8.61.